The van der Waals surface area contributed by atoms with Crippen LogP contribution < -0.4 is 4.74 Å². The van der Waals surface area contributed by atoms with Gasteiger partial charge in [-0.05, 0) is 24.0 Å². The zero-order valence-electron chi connectivity index (χ0n) is 14.8. The Bertz CT molecular complexity index is 775. The molecule has 5 nitrogen and oxygen atoms in total. The van der Waals surface area contributed by atoms with Gasteiger partial charge in [-0.25, -0.2) is 0 Å². The molecule has 1 heterocycles. The molecule has 2 atom stereocenters. The molecule has 1 fully saturated rings. The van der Waals surface area contributed by atoms with Gasteiger partial charge < -0.3 is 14.7 Å². The lowest BCUT2D eigenvalue weighted by Crippen LogP contribution is -2.47. The smallest absolute Gasteiger partial charge is 0.308 e. The Hall–Kier alpha value is -2.82. The zero-order chi connectivity index (χ0) is 18.5. The van der Waals surface area contributed by atoms with Crippen LogP contribution >= 0.6 is 0 Å². The number of aliphatic carboxylic acids is 1. The van der Waals surface area contributed by atoms with E-state index in [4.69, 9.17) is 4.74 Å². The van der Waals surface area contributed by atoms with Crippen LogP contribution in [0, 0.1) is 11.8 Å². The Kier molecular flexibility index (Phi) is 5.56. The highest BCUT2D eigenvalue weighted by Gasteiger charge is 2.32. The standard InChI is InChI=1S/C21H23NO4/c1-15-11-17(21(24)25)13-22(12-15)20(23)14-26-19-10-6-5-9-18(19)16-7-3-2-4-8-16/h2-10,15,17H,11-14H2,1H3,(H,24,25). The van der Waals surface area contributed by atoms with Crippen LogP contribution in [0.5, 0.6) is 5.75 Å². The number of hydrogen-bond donors (Lipinski definition) is 1. The summed E-state index contributed by atoms with van der Waals surface area (Å²) in [6.45, 7) is 2.71. The van der Waals surface area contributed by atoms with Crippen LogP contribution in [0.2, 0.25) is 0 Å². The number of hydrogen-bond acceptors (Lipinski definition) is 3. The molecule has 0 bridgehead atoms. The maximum absolute atomic E-state index is 12.5. The molecule has 0 spiro atoms. The molecule has 2 unspecified atom stereocenters. The van der Waals surface area contributed by atoms with E-state index >= 15 is 0 Å². The first-order valence-corrected chi connectivity index (χ1v) is 8.82. The summed E-state index contributed by atoms with van der Waals surface area (Å²) in [4.78, 5) is 25.4. The summed E-state index contributed by atoms with van der Waals surface area (Å²) in [5, 5.41) is 9.26. The second-order valence-electron chi connectivity index (χ2n) is 6.83. The second kappa shape index (κ2) is 8.04. The summed E-state index contributed by atoms with van der Waals surface area (Å²) in [6.07, 6.45) is 0.608. The van der Waals surface area contributed by atoms with Crippen molar-refractivity contribution in [1.29, 1.82) is 0 Å². The van der Waals surface area contributed by atoms with E-state index in [1.165, 1.54) is 0 Å². The normalized spacial score (nSPS) is 19.8. The van der Waals surface area contributed by atoms with E-state index in [1.807, 2.05) is 61.5 Å². The second-order valence-corrected chi connectivity index (χ2v) is 6.83. The minimum Gasteiger partial charge on any atom is -0.483 e. The third-order valence-corrected chi connectivity index (χ3v) is 4.68. The van der Waals surface area contributed by atoms with Gasteiger partial charge in [0.25, 0.3) is 5.91 Å². The van der Waals surface area contributed by atoms with Gasteiger partial charge in [0.2, 0.25) is 0 Å². The molecule has 2 aromatic carbocycles. The average molecular weight is 353 g/mol. The van der Waals surface area contributed by atoms with Crippen LogP contribution in [0.15, 0.2) is 54.6 Å². The summed E-state index contributed by atoms with van der Waals surface area (Å²) in [5.41, 5.74) is 1.95. The van der Waals surface area contributed by atoms with Crippen molar-refractivity contribution >= 4 is 11.9 Å². The highest BCUT2D eigenvalue weighted by atomic mass is 16.5. The van der Waals surface area contributed by atoms with Crippen molar-refractivity contribution in [2.45, 2.75) is 13.3 Å². The fraction of sp³-hybridized carbons (Fsp3) is 0.333. The molecule has 0 aromatic heterocycles. The summed E-state index contributed by atoms with van der Waals surface area (Å²) >= 11 is 0. The van der Waals surface area contributed by atoms with E-state index in [2.05, 4.69) is 0 Å². The van der Waals surface area contributed by atoms with Gasteiger partial charge in [0.15, 0.2) is 6.61 Å². The van der Waals surface area contributed by atoms with Crippen LogP contribution in [-0.2, 0) is 9.59 Å². The van der Waals surface area contributed by atoms with Gasteiger partial charge in [-0.3, -0.25) is 9.59 Å². The van der Waals surface area contributed by atoms with E-state index in [0.717, 1.165) is 11.1 Å². The number of carboxylic acids is 1. The fourth-order valence-corrected chi connectivity index (χ4v) is 3.41. The van der Waals surface area contributed by atoms with Crippen molar-refractivity contribution in [1.82, 2.24) is 4.90 Å². The van der Waals surface area contributed by atoms with Crippen LogP contribution in [-0.4, -0.2) is 41.6 Å². The summed E-state index contributed by atoms with van der Waals surface area (Å²) < 4.78 is 5.80. The van der Waals surface area contributed by atoms with Crippen molar-refractivity contribution < 1.29 is 19.4 Å². The first-order chi connectivity index (χ1) is 12.5. The number of ether oxygens (including phenoxy) is 1. The maximum Gasteiger partial charge on any atom is 0.308 e. The number of benzene rings is 2. The number of piperidine rings is 1. The van der Waals surface area contributed by atoms with Gasteiger partial charge >= 0.3 is 5.97 Å². The van der Waals surface area contributed by atoms with Crippen LogP contribution in [0.4, 0.5) is 0 Å². The molecule has 0 aliphatic carbocycles. The van der Waals surface area contributed by atoms with Gasteiger partial charge in [-0.1, -0.05) is 55.5 Å². The molecule has 0 saturated carbocycles. The van der Waals surface area contributed by atoms with Gasteiger partial charge in [-0.15, -0.1) is 0 Å². The largest absolute Gasteiger partial charge is 0.483 e. The van der Waals surface area contributed by atoms with Gasteiger partial charge in [-0.2, -0.15) is 0 Å². The SMILES string of the molecule is CC1CC(C(=O)O)CN(C(=O)COc2ccccc2-c2ccccc2)C1. The molecule has 1 aliphatic heterocycles. The van der Waals surface area contributed by atoms with E-state index in [9.17, 15) is 14.7 Å². The minimum absolute atomic E-state index is 0.0943. The van der Waals surface area contributed by atoms with Gasteiger partial charge in [0.1, 0.15) is 5.75 Å². The third-order valence-electron chi connectivity index (χ3n) is 4.68. The molecule has 26 heavy (non-hydrogen) atoms. The topological polar surface area (TPSA) is 66.8 Å². The van der Waals surface area contributed by atoms with Crippen molar-refractivity contribution in [3.8, 4) is 16.9 Å². The highest BCUT2D eigenvalue weighted by molar-refractivity contribution is 5.80. The Labute approximate surface area is 153 Å². The van der Waals surface area contributed by atoms with Crippen molar-refractivity contribution in [2.24, 2.45) is 11.8 Å². The third kappa shape index (κ3) is 4.23. The number of carbonyl (C=O) groups is 2. The van der Waals surface area contributed by atoms with Crippen molar-refractivity contribution in [2.75, 3.05) is 19.7 Å². The van der Waals surface area contributed by atoms with Gasteiger partial charge in [0.05, 0.1) is 5.92 Å². The lowest BCUT2D eigenvalue weighted by atomic mass is 9.90. The Morgan fingerprint density at radius 2 is 1.77 bits per heavy atom. The lowest BCUT2D eigenvalue weighted by Gasteiger charge is -2.34. The predicted molar refractivity (Wildman–Crippen MR) is 98.9 cm³/mol. The highest BCUT2D eigenvalue weighted by Crippen LogP contribution is 2.29. The molecule has 2 aromatic rings. The molecule has 136 valence electrons. The summed E-state index contributed by atoms with van der Waals surface area (Å²) in [5.74, 6) is -0.702. The number of para-hydroxylation sites is 1. The van der Waals surface area contributed by atoms with E-state index in [1.54, 1.807) is 4.90 Å². The molecular weight excluding hydrogens is 330 g/mol. The number of rotatable bonds is 5. The molecule has 1 aliphatic rings. The number of carbonyl (C=O) groups excluding carboxylic acids is 1. The first kappa shape index (κ1) is 18.0. The first-order valence-electron chi connectivity index (χ1n) is 8.82. The van der Waals surface area contributed by atoms with E-state index in [-0.39, 0.29) is 25.0 Å². The molecule has 0 radical (unpaired) electrons. The van der Waals surface area contributed by atoms with Crippen molar-refractivity contribution in [3.05, 3.63) is 54.6 Å². The molecular formula is C21H23NO4. The van der Waals surface area contributed by atoms with Crippen LogP contribution in [0.25, 0.3) is 11.1 Å². The van der Waals surface area contributed by atoms with Gasteiger partial charge in [0, 0.05) is 18.7 Å². The average Bonchev–Trinajstić information content (AvgIpc) is 2.66. The molecule has 5 heteroatoms. The van der Waals surface area contributed by atoms with E-state index in [0.29, 0.717) is 18.7 Å². The predicted octanol–water partition coefficient (Wildman–Crippen LogP) is 3.30. The Morgan fingerprint density at radius 3 is 2.50 bits per heavy atom. The summed E-state index contributed by atoms with van der Waals surface area (Å²) in [7, 11) is 0. The van der Waals surface area contributed by atoms with Crippen LogP contribution in [0.1, 0.15) is 13.3 Å². The minimum atomic E-state index is -0.843. The number of carboxylic acid groups (broad SMARTS) is 1. The molecule has 3 rings (SSSR count). The maximum atomic E-state index is 12.5. The Morgan fingerprint density at radius 1 is 1.08 bits per heavy atom. The Balaban J connectivity index is 1.68. The van der Waals surface area contributed by atoms with Crippen molar-refractivity contribution in [3.63, 3.8) is 0 Å². The number of likely N-dealkylation sites (tertiary alicyclic amines) is 1. The molecule has 1 amide bonds. The number of nitrogens with zero attached hydrogens (tertiary/aromatic N) is 1. The quantitative estimate of drug-likeness (QED) is 0.896. The zero-order valence-corrected chi connectivity index (χ0v) is 14.8. The lowest BCUT2D eigenvalue weighted by molar-refractivity contribution is -0.147. The fourth-order valence-electron chi connectivity index (χ4n) is 3.41. The van der Waals surface area contributed by atoms with E-state index < -0.39 is 11.9 Å². The molecule has 1 N–H and O–H groups in total. The monoisotopic (exact) mass is 353 g/mol. The van der Waals surface area contributed by atoms with Crippen LogP contribution in [0.3, 0.4) is 0 Å². The summed E-state index contributed by atoms with van der Waals surface area (Å²) in [6, 6.07) is 17.5. The molecule has 1 saturated heterocycles. The number of amides is 1.